The topological polar surface area (TPSA) is 65.7 Å². The normalized spacial score (nSPS) is 12.2. The van der Waals surface area contributed by atoms with Crippen molar-refractivity contribution in [3.05, 3.63) is 65.2 Å². The van der Waals surface area contributed by atoms with E-state index in [4.69, 9.17) is 9.47 Å². The van der Waals surface area contributed by atoms with E-state index < -0.39 is 23.3 Å². The van der Waals surface area contributed by atoms with E-state index in [1.807, 2.05) is 13.0 Å². The van der Waals surface area contributed by atoms with Crippen LogP contribution in [0.5, 0.6) is 5.75 Å². The van der Waals surface area contributed by atoms with Gasteiger partial charge in [-0.05, 0) is 69.2 Å². The fourth-order valence-electron chi connectivity index (χ4n) is 3.18. The molecule has 1 heterocycles. The van der Waals surface area contributed by atoms with Gasteiger partial charge in [0.1, 0.15) is 5.75 Å². The van der Waals surface area contributed by atoms with Crippen LogP contribution in [-0.2, 0) is 22.8 Å². The van der Waals surface area contributed by atoms with Crippen LogP contribution in [0.15, 0.2) is 53.5 Å². The van der Waals surface area contributed by atoms with Crippen molar-refractivity contribution in [2.45, 2.75) is 39.5 Å². The van der Waals surface area contributed by atoms with Gasteiger partial charge in [0.25, 0.3) is 0 Å². The van der Waals surface area contributed by atoms with Gasteiger partial charge in [-0.1, -0.05) is 12.1 Å². The Hall–Kier alpha value is -3.62. The van der Waals surface area contributed by atoms with Crippen LogP contribution in [0.4, 0.5) is 19.0 Å². The van der Waals surface area contributed by atoms with Crippen LogP contribution < -0.4 is 4.74 Å². The predicted molar refractivity (Wildman–Crippen MR) is 123 cm³/mol. The Morgan fingerprint density at radius 1 is 1.12 bits per heavy atom. The molecule has 6 nitrogen and oxygen atoms in total. The molecular formula is C25H26F3N3O3. The monoisotopic (exact) mass is 473 g/mol. The SMILES string of the molecule is CCOC(=O)C(C)(C)Oc1ccc(/C=N/c2cc(-c3ccc(C(F)(F)F)cc3)nn2C)cc1C. The average molecular weight is 473 g/mol. The molecule has 0 saturated carbocycles. The first-order valence-corrected chi connectivity index (χ1v) is 10.6. The predicted octanol–water partition coefficient (Wildman–Crippen LogP) is 5.89. The van der Waals surface area contributed by atoms with Gasteiger partial charge in [0.05, 0.1) is 17.9 Å². The zero-order valence-electron chi connectivity index (χ0n) is 19.6. The second-order valence-electron chi connectivity index (χ2n) is 8.20. The van der Waals surface area contributed by atoms with Crippen molar-refractivity contribution >= 4 is 18.0 Å². The molecule has 3 rings (SSSR count). The van der Waals surface area contributed by atoms with Gasteiger partial charge in [0, 0.05) is 24.9 Å². The fourth-order valence-corrected chi connectivity index (χ4v) is 3.18. The maximum Gasteiger partial charge on any atom is 0.416 e. The maximum atomic E-state index is 12.8. The molecule has 0 radical (unpaired) electrons. The van der Waals surface area contributed by atoms with Crippen molar-refractivity contribution in [2.24, 2.45) is 12.0 Å². The van der Waals surface area contributed by atoms with E-state index in [1.165, 1.54) is 12.1 Å². The maximum absolute atomic E-state index is 12.8. The minimum absolute atomic E-state index is 0.272. The third-order valence-corrected chi connectivity index (χ3v) is 5.04. The Kier molecular flexibility index (Phi) is 7.14. The lowest BCUT2D eigenvalue weighted by atomic mass is 10.1. The lowest BCUT2D eigenvalue weighted by molar-refractivity contribution is -0.158. The Morgan fingerprint density at radius 2 is 1.79 bits per heavy atom. The molecule has 9 heteroatoms. The molecule has 0 atom stereocenters. The first-order valence-electron chi connectivity index (χ1n) is 10.6. The number of hydrogen-bond donors (Lipinski definition) is 0. The summed E-state index contributed by atoms with van der Waals surface area (Å²) in [5.41, 5.74) is 0.864. The number of nitrogens with zero attached hydrogens (tertiary/aromatic N) is 3. The van der Waals surface area contributed by atoms with Gasteiger partial charge in [-0.2, -0.15) is 18.3 Å². The standard InChI is InChI=1S/C25H26F3N3O3/c1-6-33-23(32)24(3,4)34-21-12-7-17(13-16(21)2)15-29-22-14-20(30-31(22)5)18-8-10-19(11-9-18)25(26,27)28/h7-15H,6H2,1-5H3/b29-15+. The Morgan fingerprint density at radius 3 is 2.38 bits per heavy atom. The summed E-state index contributed by atoms with van der Waals surface area (Å²) in [6.07, 6.45) is -2.73. The highest BCUT2D eigenvalue weighted by molar-refractivity contribution is 5.83. The molecule has 0 aliphatic rings. The number of carbonyl (C=O) groups is 1. The molecule has 0 bridgehead atoms. The van der Waals surface area contributed by atoms with Gasteiger partial charge < -0.3 is 9.47 Å². The summed E-state index contributed by atoms with van der Waals surface area (Å²) in [5, 5.41) is 4.35. The number of aryl methyl sites for hydroxylation is 2. The lowest BCUT2D eigenvalue weighted by Gasteiger charge is -2.25. The number of rotatable bonds is 7. The minimum atomic E-state index is -4.38. The molecule has 34 heavy (non-hydrogen) atoms. The smallest absolute Gasteiger partial charge is 0.416 e. The quantitative estimate of drug-likeness (QED) is 0.317. The van der Waals surface area contributed by atoms with Crippen LogP contribution in [0, 0.1) is 6.92 Å². The van der Waals surface area contributed by atoms with Crippen LogP contribution in [0.25, 0.3) is 11.3 Å². The molecule has 1 aromatic heterocycles. The fraction of sp³-hybridized carbons (Fsp3) is 0.320. The first kappa shape index (κ1) is 25.0. The zero-order valence-corrected chi connectivity index (χ0v) is 19.6. The molecular weight excluding hydrogens is 447 g/mol. The van der Waals surface area contributed by atoms with Crippen LogP contribution in [0.3, 0.4) is 0 Å². The first-order chi connectivity index (χ1) is 15.9. The molecule has 0 aliphatic carbocycles. The van der Waals surface area contributed by atoms with Crippen LogP contribution in [0.2, 0.25) is 0 Å². The van der Waals surface area contributed by atoms with Gasteiger partial charge in [-0.15, -0.1) is 0 Å². The minimum Gasteiger partial charge on any atom is -0.476 e. The van der Waals surface area contributed by atoms with Crippen molar-refractivity contribution in [3.63, 3.8) is 0 Å². The molecule has 2 aromatic carbocycles. The Bertz CT molecular complexity index is 1200. The lowest BCUT2D eigenvalue weighted by Crippen LogP contribution is -2.39. The number of ether oxygens (including phenoxy) is 2. The van der Waals surface area contributed by atoms with Crippen LogP contribution >= 0.6 is 0 Å². The largest absolute Gasteiger partial charge is 0.476 e. The van der Waals surface area contributed by atoms with E-state index in [0.29, 0.717) is 22.8 Å². The van der Waals surface area contributed by atoms with E-state index in [-0.39, 0.29) is 6.61 Å². The highest BCUT2D eigenvalue weighted by atomic mass is 19.4. The van der Waals surface area contributed by atoms with Crippen molar-refractivity contribution in [3.8, 4) is 17.0 Å². The Labute approximate surface area is 196 Å². The van der Waals surface area contributed by atoms with E-state index in [2.05, 4.69) is 10.1 Å². The summed E-state index contributed by atoms with van der Waals surface area (Å²) < 4.78 is 50.8. The molecule has 0 saturated heterocycles. The van der Waals surface area contributed by atoms with Crippen LogP contribution in [-0.4, -0.2) is 34.2 Å². The number of aliphatic imine (C=N–C) groups is 1. The van der Waals surface area contributed by atoms with Crippen molar-refractivity contribution in [1.82, 2.24) is 9.78 Å². The van der Waals surface area contributed by atoms with E-state index in [0.717, 1.165) is 23.3 Å². The molecule has 0 aliphatic heterocycles. The average Bonchev–Trinajstić information content (AvgIpc) is 3.14. The molecule has 0 amide bonds. The third kappa shape index (κ3) is 5.84. The molecule has 0 N–H and O–H groups in total. The Balaban J connectivity index is 1.75. The molecule has 3 aromatic rings. The van der Waals surface area contributed by atoms with Gasteiger partial charge in [0.15, 0.2) is 11.4 Å². The second-order valence-corrected chi connectivity index (χ2v) is 8.20. The van der Waals surface area contributed by atoms with Crippen molar-refractivity contribution in [1.29, 1.82) is 0 Å². The van der Waals surface area contributed by atoms with Crippen molar-refractivity contribution in [2.75, 3.05) is 6.61 Å². The molecule has 0 fully saturated rings. The number of benzene rings is 2. The van der Waals surface area contributed by atoms with E-state index >= 15 is 0 Å². The molecule has 180 valence electrons. The summed E-state index contributed by atoms with van der Waals surface area (Å²) in [6.45, 7) is 7.17. The summed E-state index contributed by atoms with van der Waals surface area (Å²) in [4.78, 5) is 16.5. The number of carbonyl (C=O) groups excluding carboxylic acids is 1. The van der Waals surface area contributed by atoms with Crippen LogP contribution in [0.1, 0.15) is 37.5 Å². The van der Waals surface area contributed by atoms with Gasteiger partial charge >= 0.3 is 12.1 Å². The van der Waals surface area contributed by atoms with Crippen molar-refractivity contribution < 1.29 is 27.4 Å². The third-order valence-electron chi connectivity index (χ3n) is 5.04. The van der Waals surface area contributed by atoms with E-state index in [9.17, 15) is 18.0 Å². The van der Waals surface area contributed by atoms with Gasteiger partial charge in [0.2, 0.25) is 0 Å². The number of alkyl halides is 3. The number of aromatic nitrogens is 2. The molecule has 0 spiro atoms. The summed E-state index contributed by atoms with van der Waals surface area (Å²) >= 11 is 0. The summed E-state index contributed by atoms with van der Waals surface area (Å²) in [5.74, 6) is 0.650. The number of hydrogen-bond acceptors (Lipinski definition) is 5. The zero-order chi connectivity index (χ0) is 25.1. The molecule has 0 unspecified atom stereocenters. The van der Waals surface area contributed by atoms with Gasteiger partial charge in [-0.25, -0.2) is 9.79 Å². The highest BCUT2D eigenvalue weighted by Gasteiger charge is 2.32. The van der Waals surface area contributed by atoms with E-state index in [1.54, 1.807) is 56.9 Å². The summed E-state index contributed by atoms with van der Waals surface area (Å²) in [7, 11) is 1.71. The number of halogens is 3. The summed E-state index contributed by atoms with van der Waals surface area (Å²) in [6, 6.07) is 12.0. The van der Waals surface area contributed by atoms with Gasteiger partial charge in [-0.3, -0.25) is 4.68 Å². The second kappa shape index (κ2) is 9.70. The highest BCUT2D eigenvalue weighted by Crippen LogP contribution is 2.31. The number of esters is 1.